The molecule has 1 N–H and O–H groups in total. The van der Waals surface area contributed by atoms with Crippen molar-refractivity contribution in [2.45, 2.75) is 19.4 Å². The first-order valence-corrected chi connectivity index (χ1v) is 12.8. The minimum absolute atomic E-state index is 0.172. The molecule has 3 aromatic rings. The number of halogens is 1. The number of methoxy groups -OCH3 is 2. The second-order valence-corrected chi connectivity index (χ2v) is 10.2. The third-order valence-corrected chi connectivity index (χ3v) is 6.99. The zero-order valence-corrected chi connectivity index (χ0v) is 20.8. The molecule has 0 radical (unpaired) electrons. The summed E-state index contributed by atoms with van der Waals surface area (Å²) in [6, 6.07) is 10.8. The van der Waals surface area contributed by atoms with Crippen LogP contribution < -0.4 is 19.1 Å². The Morgan fingerprint density at radius 2 is 1.85 bits per heavy atom. The molecular weight excluding hydrogens is 488 g/mol. The molecule has 0 aliphatic carbocycles. The van der Waals surface area contributed by atoms with Gasteiger partial charge in [0.1, 0.15) is 22.5 Å². The van der Waals surface area contributed by atoms with Crippen LogP contribution in [-0.2, 0) is 14.8 Å². The normalized spacial score (nSPS) is 12.2. The number of aromatic nitrogens is 2. The Morgan fingerprint density at radius 3 is 2.42 bits per heavy atom. The molecule has 0 aliphatic heterocycles. The molecule has 0 aliphatic rings. The third-order valence-electron chi connectivity index (χ3n) is 4.70. The average Bonchev–Trinajstić information content (AvgIpc) is 3.24. The lowest BCUT2D eigenvalue weighted by atomic mass is 10.2. The molecule has 1 amide bonds. The first-order chi connectivity index (χ1) is 15.7. The van der Waals surface area contributed by atoms with Gasteiger partial charge in [0.05, 0.1) is 26.2 Å². The molecule has 176 valence electrons. The van der Waals surface area contributed by atoms with Crippen molar-refractivity contribution < 1.29 is 22.7 Å². The van der Waals surface area contributed by atoms with E-state index in [9.17, 15) is 13.2 Å². The minimum Gasteiger partial charge on any atom is -0.497 e. The lowest BCUT2D eigenvalue weighted by molar-refractivity contribution is -0.117. The van der Waals surface area contributed by atoms with E-state index < -0.39 is 22.0 Å². The van der Waals surface area contributed by atoms with Gasteiger partial charge in [-0.3, -0.25) is 14.4 Å². The van der Waals surface area contributed by atoms with Gasteiger partial charge in [-0.2, -0.15) is 0 Å². The fourth-order valence-electron chi connectivity index (χ4n) is 3.18. The number of amides is 1. The van der Waals surface area contributed by atoms with Crippen molar-refractivity contribution in [3.05, 3.63) is 47.5 Å². The van der Waals surface area contributed by atoms with Crippen LogP contribution in [0.4, 0.5) is 10.8 Å². The highest BCUT2D eigenvalue weighted by Gasteiger charge is 2.34. The fraction of sp³-hybridized carbons (Fsp3) is 0.286. The maximum absolute atomic E-state index is 13.2. The summed E-state index contributed by atoms with van der Waals surface area (Å²) in [6.07, 6.45) is 1.22. The Bertz CT molecular complexity index is 1230. The van der Waals surface area contributed by atoms with Gasteiger partial charge in [-0.1, -0.05) is 29.9 Å². The van der Waals surface area contributed by atoms with E-state index in [0.29, 0.717) is 15.8 Å². The van der Waals surface area contributed by atoms with Gasteiger partial charge in [-0.25, -0.2) is 8.42 Å². The number of ether oxygens (including phenoxy) is 2. The van der Waals surface area contributed by atoms with E-state index in [1.54, 1.807) is 38.3 Å². The Morgan fingerprint density at radius 1 is 1.15 bits per heavy atom. The molecule has 9 nitrogen and oxygen atoms in total. The van der Waals surface area contributed by atoms with Gasteiger partial charge in [0.15, 0.2) is 0 Å². The van der Waals surface area contributed by atoms with E-state index >= 15 is 0 Å². The van der Waals surface area contributed by atoms with Crippen molar-refractivity contribution in [2.75, 3.05) is 30.1 Å². The van der Waals surface area contributed by atoms with Crippen molar-refractivity contribution in [1.29, 1.82) is 0 Å². The van der Waals surface area contributed by atoms with Crippen LogP contribution >= 0.6 is 22.9 Å². The number of hydrogen-bond acceptors (Lipinski definition) is 8. The van der Waals surface area contributed by atoms with Gasteiger partial charge in [0.25, 0.3) is 0 Å². The minimum atomic E-state index is -3.87. The quantitative estimate of drug-likeness (QED) is 0.462. The van der Waals surface area contributed by atoms with Crippen LogP contribution in [-0.4, -0.2) is 51.0 Å². The highest BCUT2D eigenvalue weighted by atomic mass is 35.5. The van der Waals surface area contributed by atoms with E-state index in [-0.39, 0.29) is 23.0 Å². The number of carbonyl (C=O) groups excluding carboxylic acids is 1. The second-order valence-electron chi connectivity index (χ2n) is 6.93. The van der Waals surface area contributed by atoms with Gasteiger partial charge in [-0.05, 0) is 48.9 Å². The summed E-state index contributed by atoms with van der Waals surface area (Å²) in [5.74, 6) is 0.427. The largest absolute Gasteiger partial charge is 0.497 e. The van der Waals surface area contributed by atoms with Crippen LogP contribution in [0.1, 0.15) is 13.3 Å². The predicted molar refractivity (Wildman–Crippen MR) is 130 cm³/mol. The topological polar surface area (TPSA) is 111 Å². The molecule has 1 atom stereocenters. The monoisotopic (exact) mass is 510 g/mol. The number of sulfonamides is 1. The lowest BCUT2D eigenvalue weighted by Gasteiger charge is -2.30. The summed E-state index contributed by atoms with van der Waals surface area (Å²) >= 11 is 7.28. The summed E-state index contributed by atoms with van der Waals surface area (Å²) < 4.78 is 36.9. The summed E-state index contributed by atoms with van der Waals surface area (Å²) in [4.78, 5) is 13.2. The highest BCUT2D eigenvalue weighted by Crippen LogP contribution is 2.35. The van der Waals surface area contributed by atoms with Crippen molar-refractivity contribution >= 4 is 49.7 Å². The van der Waals surface area contributed by atoms with Gasteiger partial charge < -0.3 is 9.47 Å². The molecule has 12 heteroatoms. The summed E-state index contributed by atoms with van der Waals surface area (Å²) in [7, 11) is -0.878. The van der Waals surface area contributed by atoms with Crippen molar-refractivity contribution in [3.63, 3.8) is 0 Å². The average molecular weight is 511 g/mol. The van der Waals surface area contributed by atoms with Crippen LogP contribution in [0.15, 0.2) is 42.5 Å². The van der Waals surface area contributed by atoms with E-state index in [4.69, 9.17) is 21.1 Å². The lowest BCUT2D eigenvalue weighted by Crippen LogP contribution is -2.47. The molecule has 0 bridgehead atoms. The van der Waals surface area contributed by atoms with E-state index in [2.05, 4.69) is 15.5 Å². The Balaban J connectivity index is 1.89. The molecule has 0 fully saturated rings. The molecule has 0 saturated carbocycles. The molecule has 33 heavy (non-hydrogen) atoms. The maximum atomic E-state index is 13.2. The van der Waals surface area contributed by atoms with Crippen LogP contribution in [0.25, 0.3) is 10.6 Å². The number of nitrogens with one attached hydrogen (secondary N) is 1. The van der Waals surface area contributed by atoms with Crippen LogP contribution in [0.3, 0.4) is 0 Å². The molecule has 1 unspecified atom stereocenters. The molecular formula is C21H23ClN4O5S2. The number of benzene rings is 2. The van der Waals surface area contributed by atoms with Gasteiger partial charge in [0, 0.05) is 10.6 Å². The van der Waals surface area contributed by atoms with Crippen LogP contribution in [0.5, 0.6) is 11.5 Å². The Kier molecular flexibility index (Phi) is 7.77. The summed E-state index contributed by atoms with van der Waals surface area (Å²) in [5, 5.41) is 12.0. The molecule has 1 aromatic heterocycles. The highest BCUT2D eigenvalue weighted by molar-refractivity contribution is 7.92. The zero-order chi connectivity index (χ0) is 24.2. The van der Waals surface area contributed by atoms with Gasteiger partial charge in [0.2, 0.25) is 21.1 Å². The van der Waals surface area contributed by atoms with Crippen molar-refractivity contribution in [2.24, 2.45) is 0 Å². The van der Waals surface area contributed by atoms with Gasteiger partial charge in [-0.15, -0.1) is 10.2 Å². The van der Waals surface area contributed by atoms with Crippen LogP contribution in [0.2, 0.25) is 5.02 Å². The Hall–Kier alpha value is -2.89. The van der Waals surface area contributed by atoms with E-state index in [1.807, 2.05) is 12.1 Å². The van der Waals surface area contributed by atoms with E-state index in [0.717, 1.165) is 16.1 Å². The number of anilines is 2. The van der Waals surface area contributed by atoms with Gasteiger partial charge >= 0.3 is 0 Å². The molecule has 1 heterocycles. The van der Waals surface area contributed by atoms with Crippen LogP contribution in [0, 0.1) is 0 Å². The number of carbonyl (C=O) groups is 1. The van der Waals surface area contributed by atoms with E-state index in [1.165, 1.54) is 24.5 Å². The first-order valence-electron chi connectivity index (χ1n) is 9.79. The number of nitrogens with zero attached hydrogens (tertiary/aromatic N) is 3. The van der Waals surface area contributed by atoms with Crippen molar-refractivity contribution in [1.82, 2.24) is 10.2 Å². The second kappa shape index (κ2) is 10.4. The standard InChI is InChI=1S/C21H23ClN4O5S2/c1-5-16(26(33(4,28)29)17-12-14(22)8-11-18(17)31-3)19(27)23-21-25-24-20(32-21)13-6-9-15(30-2)10-7-13/h6-12,16H,5H2,1-4H3,(H,23,25,27). The smallest absolute Gasteiger partial charge is 0.250 e. The third kappa shape index (κ3) is 5.73. The number of rotatable bonds is 9. The Labute approximate surface area is 201 Å². The zero-order valence-electron chi connectivity index (χ0n) is 18.4. The molecule has 3 rings (SSSR count). The maximum Gasteiger partial charge on any atom is 0.250 e. The summed E-state index contributed by atoms with van der Waals surface area (Å²) in [5.41, 5.74) is 0.980. The summed E-state index contributed by atoms with van der Waals surface area (Å²) in [6.45, 7) is 1.71. The first kappa shape index (κ1) is 24.7. The number of hydrogen-bond donors (Lipinski definition) is 1. The molecule has 0 saturated heterocycles. The molecule has 2 aromatic carbocycles. The SMILES string of the molecule is CCC(C(=O)Nc1nnc(-c2ccc(OC)cc2)s1)N(c1cc(Cl)ccc1OC)S(C)(=O)=O. The predicted octanol–water partition coefficient (Wildman–Crippen LogP) is 4.06. The van der Waals surface area contributed by atoms with Crippen molar-refractivity contribution in [3.8, 4) is 22.1 Å². The fourth-order valence-corrected chi connectivity index (χ4v) is 5.31. The molecule has 0 spiro atoms.